The third-order valence-electron chi connectivity index (χ3n) is 6.74. The summed E-state index contributed by atoms with van der Waals surface area (Å²) in [5.41, 5.74) is 10.2. The topological polar surface area (TPSA) is 40.8 Å². The zero-order valence-corrected chi connectivity index (χ0v) is 21.4. The van der Waals surface area contributed by atoms with E-state index >= 15 is 0 Å². The number of aromatic nitrogens is 1. The smallest absolute Gasteiger partial charge is 0.216 e. The van der Waals surface area contributed by atoms with E-state index in [2.05, 4.69) is 101 Å². The summed E-state index contributed by atoms with van der Waals surface area (Å²) < 4.78 is 8.82. The van der Waals surface area contributed by atoms with Crippen LogP contribution in [0.2, 0.25) is 0 Å². The molecule has 5 aromatic rings. The van der Waals surface area contributed by atoms with E-state index in [0.29, 0.717) is 5.56 Å². The minimum Gasteiger partial charge on any atom is -0.454 e. The van der Waals surface area contributed by atoms with E-state index in [-0.39, 0.29) is 5.41 Å². The maximum Gasteiger partial charge on any atom is 0.216 e. The second-order valence-electron chi connectivity index (χ2n) is 10.8. The van der Waals surface area contributed by atoms with Crippen molar-refractivity contribution in [1.29, 1.82) is 5.26 Å². The number of nitrogens with zero attached hydrogens (tertiary/aromatic N) is 2. The van der Waals surface area contributed by atoms with Crippen molar-refractivity contribution in [3.8, 4) is 28.5 Å². The Morgan fingerprint density at radius 3 is 2.23 bits per heavy atom. The number of hydrogen-bond acceptors (Lipinski definition) is 2. The molecule has 3 heteroatoms. The number of aryl methyl sites for hydroxylation is 3. The predicted molar refractivity (Wildman–Crippen MR) is 143 cm³/mol. The fraction of sp³-hybridized carbons (Fsp3) is 0.250. The first-order chi connectivity index (χ1) is 16.7. The normalized spacial score (nSPS) is 11.8. The summed E-state index contributed by atoms with van der Waals surface area (Å²) in [4.78, 5) is 0. The summed E-state index contributed by atoms with van der Waals surface area (Å²) in [6.07, 6.45) is 3.06. The lowest BCUT2D eigenvalue weighted by Gasteiger charge is -2.19. The molecule has 0 N–H and O–H groups in total. The van der Waals surface area contributed by atoms with Gasteiger partial charge in [-0.3, -0.25) is 0 Å². The molecule has 2 aromatic heterocycles. The molecular formula is C32H31N2O+. The second-order valence-corrected chi connectivity index (χ2v) is 10.8. The molecule has 0 aliphatic rings. The molecule has 0 amide bonds. The Labute approximate surface area is 207 Å². The van der Waals surface area contributed by atoms with Crippen molar-refractivity contribution in [1.82, 2.24) is 0 Å². The molecule has 0 fully saturated rings. The number of rotatable bonds is 3. The number of benzene rings is 3. The van der Waals surface area contributed by atoms with E-state index in [0.717, 1.165) is 61.9 Å². The van der Waals surface area contributed by atoms with Crippen molar-refractivity contribution >= 4 is 21.9 Å². The highest BCUT2D eigenvalue weighted by molar-refractivity contribution is 6.14. The molecule has 0 radical (unpaired) electrons. The summed E-state index contributed by atoms with van der Waals surface area (Å²) in [6.45, 7) is 11.0. The Morgan fingerprint density at radius 1 is 0.857 bits per heavy atom. The van der Waals surface area contributed by atoms with Gasteiger partial charge in [-0.25, -0.2) is 4.57 Å². The largest absolute Gasteiger partial charge is 0.454 e. The third kappa shape index (κ3) is 4.00. The Balaban J connectivity index is 1.81. The van der Waals surface area contributed by atoms with Gasteiger partial charge in [-0.05, 0) is 66.1 Å². The number of pyridine rings is 1. The van der Waals surface area contributed by atoms with Crippen LogP contribution in [-0.4, -0.2) is 0 Å². The first-order valence-electron chi connectivity index (χ1n) is 12.1. The molecule has 0 spiro atoms. The van der Waals surface area contributed by atoms with Crippen LogP contribution in [0.3, 0.4) is 0 Å². The zero-order chi connectivity index (χ0) is 24.9. The Kier molecular flexibility index (Phi) is 5.49. The van der Waals surface area contributed by atoms with Gasteiger partial charge in [-0.1, -0.05) is 51.1 Å². The van der Waals surface area contributed by atoms with Gasteiger partial charge in [-0.2, -0.15) is 5.26 Å². The summed E-state index contributed by atoms with van der Waals surface area (Å²) >= 11 is 0. The molecule has 0 atom stereocenters. The molecule has 0 aliphatic carbocycles. The first kappa shape index (κ1) is 22.9. The van der Waals surface area contributed by atoms with Crippen LogP contribution in [0.15, 0.2) is 71.3 Å². The Morgan fingerprint density at radius 2 is 1.57 bits per heavy atom. The number of nitriles is 1. The van der Waals surface area contributed by atoms with E-state index in [1.807, 2.05) is 18.2 Å². The van der Waals surface area contributed by atoms with Crippen LogP contribution in [-0.2, 0) is 13.5 Å². The molecule has 3 aromatic carbocycles. The van der Waals surface area contributed by atoms with E-state index in [4.69, 9.17) is 4.42 Å². The lowest BCUT2D eigenvalue weighted by molar-refractivity contribution is -0.660. The van der Waals surface area contributed by atoms with Crippen LogP contribution in [0.1, 0.15) is 43.0 Å². The van der Waals surface area contributed by atoms with Crippen molar-refractivity contribution in [2.75, 3.05) is 0 Å². The van der Waals surface area contributed by atoms with Crippen molar-refractivity contribution < 1.29 is 8.98 Å². The SMILES string of the molecule is Cc1cc(CC(C)(C)C)ccc1-c1c(C#N)ccc2c1oc1c(-c3cccc[n+]3C)c(C)ccc12. The highest BCUT2D eigenvalue weighted by atomic mass is 16.3. The number of hydrogen-bond donors (Lipinski definition) is 0. The quantitative estimate of drug-likeness (QED) is 0.258. The van der Waals surface area contributed by atoms with Crippen LogP contribution in [0.4, 0.5) is 0 Å². The minimum atomic E-state index is 0.215. The van der Waals surface area contributed by atoms with E-state index in [9.17, 15) is 5.26 Å². The fourth-order valence-electron chi connectivity index (χ4n) is 5.19. The van der Waals surface area contributed by atoms with Crippen molar-refractivity contribution in [2.45, 2.75) is 41.0 Å². The van der Waals surface area contributed by atoms with Gasteiger partial charge in [-0.15, -0.1) is 0 Å². The average Bonchev–Trinajstić information content (AvgIpc) is 3.17. The molecule has 0 saturated heterocycles. The molecule has 0 unspecified atom stereocenters. The summed E-state index contributed by atoms with van der Waals surface area (Å²) in [5.74, 6) is 0. The number of fused-ring (bicyclic) bond motifs is 3. The Hall–Kier alpha value is -3.90. The van der Waals surface area contributed by atoms with Gasteiger partial charge in [0.05, 0.1) is 17.2 Å². The molecule has 0 bridgehead atoms. The lowest BCUT2D eigenvalue weighted by atomic mass is 9.86. The monoisotopic (exact) mass is 459 g/mol. The first-order valence-corrected chi connectivity index (χ1v) is 12.1. The van der Waals surface area contributed by atoms with Crippen LogP contribution in [0.5, 0.6) is 0 Å². The van der Waals surface area contributed by atoms with Gasteiger partial charge < -0.3 is 4.42 Å². The molecule has 5 rings (SSSR count). The van der Waals surface area contributed by atoms with Crippen molar-refractivity contribution in [3.63, 3.8) is 0 Å². The van der Waals surface area contributed by atoms with Crippen LogP contribution in [0.25, 0.3) is 44.3 Å². The second kappa shape index (κ2) is 8.40. The van der Waals surface area contributed by atoms with Gasteiger partial charge in [0.2, 0.25) is 5.69 Å². The fourth-order valence-corrected chi connectivity index (χ4v) is 5.19. The molecule has 0 aliphatic heterocycles. The van der Waals surface area contributed by atoms with Crippen LogP contribution < -0.4 is 4.57 Å². The van der Waals surface area contributed by atoms with Crippen molar-refractivity contribution in [2.24, 2.45) is 12.5 Å². The van der Waals surface area contributed by atoms with Gasteiger partial charge >= 0.3 is 0 Å². The lowest BCUT2D eigenvalue weighted by Crippen LogP contribution is -2.30. The Bertz CT molecular complexity index is 1640. The highest BCUT2D eigenvalue weighted by Gasteiger charge is 2.23. The minimum absolute atomic E-state index is 0.215. The molecule has 35 heavy (non-hydrogen) atoms. The highest BCUT2D eigenvalue weighted by Crippen LogP contribution is 2.42. The molecule has 0 saturated carbocycles. The van der Waals surface area contributed by atoms with Crippen LogP contribution in [0, 0.1) is 30.6 Å². The maximum atomic E-state index is 10.0. The van der Waals surface area contributed by atoms with Gasteiger partial charge in [0.15, 0.2) is 6.20 Å². The van der Waals surface area contributed by atoms with E-state index in [1.54, 1.807) is 0 Å². The zero-order valence-electron chi connectivity index (χ0n) is 21.4. The molecule has 3 nitrogen and oxygen atoms in total. The predicted octanol–water partition coefficient (Wildman–Crippen LogP) is 7.82. The van der Waals surface area contributed by atoms with Gasteiger partial charge in [0, 0.05) is 28.5 Å². The standard InChI is InChI=1S/C32H31N2O/c1-20-10-13-25-26-15-12-23(19-33)29(24-14-11-22(17-21(24)2)18-32(3,4)5)31(26)35-30(25)28(20)27-9-7-8-16-34(27)6/h7-17H,18H2,1-6H3/q+1. The van der Waals surface area contributed by atoms with E-state index < -0.39 is 0 Å². The summed E-state index contributed by atoms with van der Waals surface area (Å²) in [5, 5.41) is 12.1. The van der Waals surface area contributed by atoms with E-state index in [1.165, 1.54) is 5.56 Å². The molecule has 2 heterocycles. The third-order valence-corrected chi connectivity index (χ3v) is 6.74. The number of furan rings is 1. The average molecular weight is 460 g/mol. The maximum absolute atomic E-state index is 10.0. The van der Waals surface area contributed by atoms with Gasteiger partial charge in [0.25, 0.3) is 0 Å². The van der Waals surface area contributed by atoms with Crippen LogP contribution >= 0.6 is 0 Å². The molecule has 174 valence electrons. The summed E-state index contributed by atoms with van der Waals surface area (Å²) in [6, 6.07) is 23.5. The van der Waals surface area contributed by atoms with Crippen molar-refractivity contribution in [3.05, 3.63) is 89.1 Å². The van der Waals surface area contributed by atoms with Gasteiger partial charge in [0.1, 0.15) is 18.2 Å². The molecular weight excluding hydrogens is 428 g/mol. The summed E-state index contributed by atoms with van der Waals surface area (Å²) in [7, 11) is 2.05.